The van der Waals surface area contributed by atoms with Gasteiger partial charge in [-0.1, -0.05) is 11.6 Å². The molecular weight excluding hydrogens is 190 g/mol. The lowest BCUT2D eigenvalue weighted by Gasteiger charge is -2.16. The van der Waals surface area contributed by atoms with E-state index in [9.17, 15) is 13.6 Å². The lowest BCUT2D eigenvalue weighted by molar-refractivity contribution is -0.150. The van der Waals surface area contributed by atoms with Gasteiger partial charge < -0.3 is 5.11 Å². The Labute approximate surface area is 80.2 Å². The van der Waals surface area contributed by atoms with Gasteiger partial charge in [0.25, 0.3) is 0 Å². The topological polar surface area (TPSA) is 37.3 Å². The van der Waals surface area contributed by atoms with E-state index < -0.39 is 23.0 Å². The van der Waals surface area contributed by atoms with Crippen molar-refractivity contribution < 1.29 is 18.7 Å². The summed E-state index contributed by atoms with van der Waals surface area (Å²) in [5, 5.41) is 8.57. The first-order valence-electron chi connectivity index (χ1n) is 4.04. The van der Waals surface area contributed by atoms with Crippen molar-refractivity contribution >= 4 is 5.97 Å². The molecule has 1 aromatic carbocycles. The van der Waals surface area contributed by atoms with Crippen LogP contribution in [0.2, 0.25) is 0 Å². The maximum Gasteiger partial charge on any atom is 0.346 e. The highest BCUT2D eigenvalue weighted by Crippen LogP contribution is 2.28. The Morgan fingerprint density at radius 1 is 1.50 bits per heavy atom. The lowest BCUT2D eigenvalue weighted by atomic mass is 9.96. The quantitative estimate of drug-likeness (QED) is 0.795. The Hall–Kier alpha value is -1.45. The molecule has 1 aromatic rings. The Morgan fingerprint density at radius 3 is 2.57 bits per heavy atom. The van der Waals surface area contributed by atoms with Gasteiger partial charge in [0.05, 0.1) is 0 Å². The molecule has 0 spiro atoms. The molecule has 0 amide bonds. The summed E-state index contributed by atoms with van der Waals surface area (Å²) in [7, 11) is 0. The normalized spacial score (nSPS) is 14.9. The van der Waals surface area contributed by atoms with Crippen molar-refractivity contribution in [2.75, 3.05) is 0 Å². The maximum atomic E-state index is 13.5. The highest BCUT2D eigenvalue weighted by Gasteiger charge is 2.37. The first-order chi connectivity index (χ1) is 6.35. The van der Waals surface area contributed by atoms with Gasteiger partial charge in [-0.05, 0) is 26.0 Å². The largest absolute Gasteiger partial charge is 0.479 e. The van der Waals surface area contributed by atoms with Crippen LogP contribution in [0.25, 0.3) is 0 Å². The van der Waals surface area contributed by atoms with Crippen molar-refractivity contribution in [1.29, 1.82) is 0 Å². The van der Waals surface area contributed by atoms with Gasteiger partial charge in [-0.25, -0.2) is 13.6 Å². The maximum absolute atomic E-state index is 13.5. The second-order valence-electron chi connectivity index (χ2n) is 3.29. The summed E-state index contributed by atoms with van der Waals surface area (Å²) in [5.74, 6) is -2.54. The Kier molecular flexibility index (Phi) is 2.55. The molecule has 2 nitrogen and oxygen atoms in total. The van der Waals surface area contributed by atoms with E-state index in [0.29, 0.717) is 5.56 Å². The molecule has 14 heavy (non-hydrogen) atoms. The van der Waals surface area contributed by atoms with Crippen molar-refractivity contribution in [2.45, 2.75) is 19.5 Å². The van der Waals surface area contributed by atoms with Crippen LogP contribution in [0.5, 0.6) is 0 Å². The van der Waals surface area contributed by atoms with Crippen molar-refractivity contribution in [3.05, 3.63) is 35.1 Å². The zero-order valence-electron chi connectivity index (χ0n) is 7.84. The molecule has 1 unspecified atom stereocenters. The van der Waals surface area contributed by atoms with E-state index in [2.05, 4.69) is 0 Å². The summed E-state index contributed by atoms with van der Waals surface area (Å²) < 4.78 is 26.7. The number of benzene rings is 1. The summed E-state index contributed by atoms with van der Waals surface area (Å²) in [6.45, 7) is 2.47. The van der Waals surface area contributed by atoms with Gasteiger partial charge in [-0.2, -0.15) is 0 Å². The molecule has 0 saturated carbocycles. The predicted molar refractivity (Wildman–Crippen MR) is 47.2 cm³/mol. The first-order valence-corrected chi connectivity index (χ1v) is 4.04. The van der Waals surface area contributed by atoms with E-state index in [1.54, 1.807) is 6.92 Å². The zero-order valence-corrected chi connectivity index (χ0v) is 7.84. The number of carboxylic acids is 1. The molecule has 1 rings (SSSR count). The zero-order chi connectivity index (χ0) is 10.9. The Balaban J connectivity index is 3.31. The molecule has 0 aliphatic carbocycles. The van der Waals surface area contributed by atoms with Gasteiger partial charge >= 0.3 is 5.97 Å². The van der Waals surface area contributed by atoms with Crippen LogP contribution in [0, 0.1) is 12.7 Å². The van der Waals surface area contributed by atoms with Gasteiger partial charge in [-0.15, -0.1) is 0 Å². The molecule has 0 aromatic heterocycles. The third-order valence-electron chi connectivity index (χ3n) is 2.03. The summed E-state index contributed by atoms with van der Waals surface area (Å²) >= 11 is 0. The van der Waals surface area contributed by atoms with Crippen LogP contribution >= 0.6 is 0 Å². The van der Waals surface area contributed by atoms with Crippen LogP contribution in [-0.4, -0.2) is 11.1 Å². The number of halogens is 2. The van der Waals surface area contributed by atoms with E-state index in [1.807, 2.05) is 0 Å². The number of hydrogen-bond acceptors (Lipinski definition) is 1. The molecular formula is C10H10F2O2. The summed E-state index contributed by atoms with van der Waals surface area (Å²) in [5.41, 5.74) is -2.51. The molecule has 0 heterocycles. The van der Waals surface area contributed by atoms with Crippen LogP contribution in [0.1, 0.15) is 18.1 Å². The van der Waals surface area contributed by atoms with Crippen molar-refractivity contribution in [1.82, 2.24) is 0 Å². The number of rotatable bonds is 2. The van der Waals surface area contributed by atoms with Crippen LogP contribution in [0.4, 0.5) is 8.78 Å². The van der Waals surface area contributed by atoms with Gasteiger partial charge in [0.15, 0.2) is 0 Å². The number of carboxylic acid groups (broad SMARTS) is 1. The van der Waals surface area contributed by atoms with Gasteiger partial charge in [0.2, 0.25) is 5.67 Å². The second-order valence-corrected chi connectivity index (χ2v) is 3.29. The number of hydrogen-bond donors (Lipinski definition) is 1. The standard InChI is InChI=1S/C10H10F2O2/c1-6-3-4-8(11)7(5-6)10(2,12)9(13)14/h3-5H,1-2H3,(H,13,14). The van der Waals surface area contributed by atoms with Gasteiger partial charge in [-0.3, -0.25) is 0 Å². The molecule has 0 fully saturated rings. The fraction of sp³-hybridized carbons (Fsp3) is 0.300. The SMILES string of the molecule is Cc1ccc(F)c(C(C)(F)C(=O)O)c1. The lowest BCUT2D eigenvalue weighted by Crippen LogP contribution is -2.28. The number of aliphatic carboxylic acids is 1. The third kappa shape index (κ3) is 1.73. The van der Waals surface area contributed by atoms with E-state index in [4.69, 9.17) is 5.11 Å². The second kappa shape index (κ2) is 3.36. The predicted octanol–water partition coefficient (Wildman–Crippen LogP) is 2.40. The minimum absolute atomic E-state index is 0.440. The minimum Gasteiger partial charge on any atom is -0.479 e. The molecule has 1 N–H and O–H groups in total. The van der Waals surface area contributed by atoms with E-state index in [0.717, 1.165) is 13.0 Å². The van der Waals surface area contributed by atoms with E-state index >= 15 is 0 Å². The average Bonchev–Trinajstić information content (AvgIpc) is 2.08. The molecule has 0 aliphatic heterocycles. The first kappa shape index (κ1) is 10.6. The van der Waals surface area contributed by atoms with Gasteiger partial charge in [0, 0.05) is 5.56 Å². The Bertz CT molecular complexity index is 372. The number of alkyl halides is 1. The smallest absolute Gasteiger partial charge is 0.346 e. The molecule has 0 saturated heterocycles. The third-order valence-corrected chi connectivity index (χ3v) is 2.03. The average molecular weight is 200 g/mol. The molecule has 76 valence electrons. The summed E-state index contributed by atoms with van der Waals surface area (Å²) in [6, 6.07) is 3.71. The van der Waals surface area contributed by atoms with Crippen molar-refractivity contribution in [3.63, 3.8) is 0 Å². The number of carbonyl (C=O) groups is 1. The van der Waals surface area contributed by atoms with E-state index in [1.165, 1.54) is 12.1 Å². The molecule has 0 aliphatic rings. The molecule has 0 bridgehead atoms. The van der Waals surface area contributed by atoms with Crippen LogP contribution in [-0.2, 0) is 10.5 Å². The monoisotopic (exact) mass is 200 g/mol. The molecule has 1 atom stereocenters. The van der Waals surface area contributed by atoms with Crippen LogP contribution in [0.15, 0.2) is 18.2 Å². The minimum atomic E-state index is -2.68. The van der Waals surface area contributed by atoms with Gasteiger partial charge in [0.1, 0.15) is 5.82 Å². The van der Waals surface area contributed by atoms with Crippen LogP contribution in [0.3, 0.4) is 0 Å². The van der Waals surface area contributed by atoms with Crippen molar-refractivity contribution in [3.8, 4) is 0 Å². The highest BCUT2D eigenvalue weighted by molar-refractivity contribution is 5.78. The Morgan fingerprint density at radius 2 is 2.07 bits per heavy atom. The molecule has 0 radical (unpaired) electrons. The molecule has 4 heteroatoms. The van der Waals surface area contributed by atoms with Crippen LogP contribution < -0.4 is 0 Å². The number of aryl methyl sites for hydroxylation is 1. The summed E-state index contributed by atoms with van der Waals surface area (Å²) in [4.78, 5) is 10.5. The highest BCUT2D eigenvalue weighted by atomic mass is 19.1. The summed E-state index contributed by atoms with van der Waals surface area (Å²) in [6.07, 6.45) is 0. The fourth-order valence-corrected chi connectivity index (χ4v) is 1.11. The van der Waals surface area contributed by atoms with E-state index in [-0.39, 0.29) is 0 Å². The fourth-order valence-electron chi connectivity index (χ4n) is 1.11. The van der Waals surface area contributed by atoms with Crippen molar-refractivity contribution in [2.24, 2.45) is 0 Å².